The molecule has 0 radical (unpaired) electrons. The number of nitrogens with one attached hydrogen (secondary N) is 1. The van der Waals surface area contributed by atoms with E-state index >= 15 is 0 Å². The Morgan fingerprint density at radius 3 is 2.78 bits per heavy atom. The average molecular weight is 268 g/mol. The molecule has 1 heterocycles. The summed E-state index contributed by atoms with van der Waals surface area (Å²) in [6, 6.07) is 6.65. The summed E-state index contributed by atoms with van der Waals surface area (Å²) in [6.07, 6.45) is 2.35. The molecule has 3 heteroatoms. The van der Waals surface area contributed by atoms with Crippen molar-refractivity contribution < 1.29 is 4.74 Å². The zero-order valence-corrected chi connectivity index (χ0v) is 12.0. The fraction of sp³-hybridized carbons (Fsp3) is 0.600. The first-order valence-corrected chi connectivity index (χ1v) is 7.11. The van der Waals surface area contributed by atoms with Crippen molar-refractivity contribution in [2.75, 3.05) is 13.2 Å². The molecule has 1 atom stereocenters. The fourth-order valence-electron chi connectivity index (χ4n) is 2.51. The number of hydrogen-bond acceptors (Lipinski definition) is 2. The van der Waals surface area contributed by atoms with Gasteiger partial charge in [-0.25, -0.2) is 0 Å². The van der Waals surface area contributed by atoms with E-state index in [0.29, 0.717) is 6.04 Å². The zero-order chi connectivity index (χ0) is 13.0. The van der Waals surface area contributed by atoms with Crippen LogP contribution in [0.1, 0.15) is 30.9 Å². The second kappa shape index (κ2) is 6.55. The van der Waals surface area contributed by atoms with Crippen LogP contribution in [0.25, 0.3) is 0 Å². The van der Waals surface area contributed by atoms with Crippen molar-refractivity contribution in [2.24, 2.45) is 5.92 Å². The predicted octanol–water partition coefficient (Wildman–Crippen LogP) is 3.55. The molecule has 1 saturated heterocycles. The van der Waals surface area contributed by atoms with E-state index in [2.05, 4.69) is 25.2 Å². The van der Waals surface area contributed by atoms with Crippen LogP contribution in [0.3, 0.4) is 0 Å². The van der Waals surface area contributed by atoms with Crippen LogP contribution in [0.2, 0.25) is 5.02 Å². The molecule has 1 N–H and O–H groups in total. The third-order valence-corrected chi connectivity index (χ3v) is 4.13. The van der Waals surface area contributed by atoms with E-state index in [0.717, 1.165) is 30.7 Å². The Labute approximate surface area is 115 Å². The lowest BCUT2D eigenvalue weighted by atomic mass is 9.92. The molecule has 1 aromatic carbocycles. The quantitative estimate of drug-likeness (QED) is 0.901. The van der Waals surface area contributed by atoms with Gasteiger partial charge >= 0.3 is 0 Å². The van der Waals surface area contributed by atoms with Crippen molar-refractivity contribution in [3.63, 3.8) is 0 Å². The van der Waals surface area contributed by atoms with E-state index in [-0.39, 0.29) is 0 Å². The summed E-state index contributed by atoms with van der Waals surface area (Å²) in [4.78, 5) is 0. The minimum absolute atomic E-state index is 0.545. The standard InChI is InChI=1S/C15H22ClNO/c1-11-9-15(16)4-3-14(11)10-17-12(2)13-5-7-18-8-6-13/h3-4,9,12-13,17H,5-8,10H2,1-2H3. The molecule has 2 nitrogen and oxygen atoms in total. The minimum atomic E-state index is 0.545. The van der Waals surface area contributed by atoms with Crippen molar-refractivity contribution >= 4 is 11.6 Å². The molecule has 1 aliphatic heterocycles. The summed E-state index contributed by atoms with van der Waals surface area (Å²) in [6.45, 7) is 7.14. The molecule has 100 valence electrons. The van der Waals surface area contributed by atoms with Gasteiger partial charge in [-0.2, -0.15) is 0 Å². The van der Waals surface area contributed by atoms with E-state index in [1.165, 1.54) is 24.0 Å². The Kier molecular flexibility index (Phi) is 5.04. The van der Waals surface area contributed by atoms with Crippen LogP contribution in [-0.2, 0) is 11.3 Å². The summed E-state index contributed by atoms with van der Waals surface area (Å²) < 4.78 is 5.40. The molecule has 0 saturated carbocycles. The lowest BCUT2D eigenvalue weighted by Gasteiger charge is -2.28. The minimum Gasteiger partial charge on any atom is -0.381 e. The third-order valence-electron chi connectivity index (χ3n) is 3.89. The highest BCUT2D eigenvalue weighted by Gasteiger charge is 2.19. The molecular weight excluding hydrogens is 246 g/mol. The van der Waals surface area contributed by atoms with Gasteiger partial charge in [-0.1, -0.05) is 17.7 Å². The van der Waals surface area contributed by atoms with Crippen LogP contribution < -0.4 is 5.32 Å². The van der Waals surface area contributed by atoms with Crippen molar-refractivity contribution in [3.05, 3.63) is 34.3 Å². The molecule has 18 heavy (non-hydrogen) atoms. The van der Waals surface area contributed by atoms with Crippen LogP contribution in [-0.4, -0.2) is 19.3 Å². The Hall–Kier alpha value is -0.570. The molecular formula is C15H22ClNO. The first kappa shape index (κ1) is 13.9. The zero-order valence-electron chi connectivity index (χ0n) is 11.2. The SMILES string of the molecule is Cc1cc(Cl)ccc1CNC(C)C1CCOCC1. The normalized spacial score (nSPS) is 18.8. The maximum absolute atomic E-state index is 5.97. The lowest BCUT2D eigenvalue weighted by Crippen LogP contribution is -2.36. The average Bonchev–Trinajstić information content (AvgIpc) is 2.38. The molecule has 2 rings (SSSR count). The van der Waals surface area contributed by atoms with Crippen LogP contribution in [0, 0.1) is 12.8 Å². The van der Waals surface area contributed by atoms with E-state index < -0.39 is 0 Å². The van der Waals surface area contributed by atoms with Crippen molar-refractivity contribution in [3.8, 4) is 0 Å². The number of aryl methyl sites for hydroxylation is 1. The lowest BCUT2D eigenvalue weighted by molar-refractivity contribution is 0.0558. The molecule has 1 aromatic rings. The van der Waals surface area contributed by atoms with Gasteiger partial charge < -0.3 is 10.1 Å². The third kappa shape index (κ3) is 3.71. The molecule has 0 aliphatic carbocycles. The van der Waals surface area contributed by atoms with Crippen molar-refractivity contribution in [1.82, 2.24) is 5.32 Å². The Balaban J connectivity index is 1.86. The summed E-state index contributed by atoms with van der Waals surface area (Å²) in [5.41, 5.74) is 2.59. The summed E-state index contributed by atoms with van der Waals surface area (Å²) in [5, 5.41) is 4.44. The van der Waals surface area contributed by atoms with Gasteiger partial charge in [-0.3, -0.25) is 0 Å². The number of ether oxygens (including phenoxy) is 1. The van der Waals surface area contributed by atoms with Gasteiger partial charge in [0.2, 0.25) is 0 Å². The van der Waals surface area contributed by atoms with Gasteiger partial charge in [0.1, 0.15) is 0 Å². The molecule has 1 aliphatic rings. The van der Waals surface area contributed by atoms with Crippen LogP contribution in [0.5, 0.6) is 0 Å². The number of rotatable bonds is 4. The highest BCUT2D eigenvalue weighted by atomic mass is 35.5. The summed E-state index contributed by atoms with van der Waals surface area (Å²) in [5.74, 6) is 0.742. The first-order valence-electron chi connectivity index (χ1n) is 6.73. The Bertz CT molecular complexity index is 388. The molecule has 0 aromatic heterocycles. The Morgan fingerprint density at radius 2 is 2.11 bits per heavy atom. The molecule has 0 spiro atoms. The van der Waals surface area contributed by atoms with Gasteiger partial charge in [0.05, 0.1) is 0 Å². The summed E-state index contributed by atoms with van der Waals surface area (Å²) in [7, 11) is 0. The fourth-order valence-corrected chi connectivity index (χ4v) is 2.74. The van der Waals surface area contributed by atoms with Gasteiger partial charge in [0.25, 0.3) is 0 Å². The molecule has 0 amide bonds. The van der Waals surface area contributed by atoms with E-state index in [4.69, 9.17) is 16.3 Å². The summed E-state index contributed by atoms with van der Waals surface area (Å²) >= 11 is 5.97. The number of halogens is 1. The topological polar surface area (TPSA) is 21.3 Å². The maximum Gasteiger partial charge on any atom is 0.0469 e. The van der Waals surface area contributed by atoms with Crippen LogP contribution >= 0.6 is 11.6 Å². The largest absolute Gasteiger partial charge is 0.381 e. The number of hydrogen-bond donors (Lipinski definition) is 1. The molecule has 1 unspecified atom stereocenters. The first-order chi connectivity index (χ1) is 8.66. The molecule has 1 fully saturated rings. The second-order valence-electron chi connectivity index (χ2n) is 5.19. The molecule has 0 bridgehead atoms. The highest BCUT2D eigenvalue weighted by molar-refractivity contribution is 6.30. The predicted molar refractivity (Wildman–Crippen MR) is 76.0 cm³/mol. The van der Waals surface area contributed by atoms with Crippen molar-refractivity contribution in [1.29, 1.82) is 0 Å². The van der Waals surface area contributed by atoms with Crippen molar-refractivity contribution in [2.45, 2.75) is 39.3 Å². The smallest absolute Gasteiger partial charge is 0.0469 e. The van der Waals surface area contributed by atoms with E-state index in [1.54, 1.807) is 0 Å². The highest BCUT2D eigenvalue weighted by Crippen LogP contribution is 2.20. The van der Waals surface area contributed by atoms with Gasteiger partial charge in [0, 0.05) is 30.8 Å². The number of benzene rings is 1. The maximum atomic E-state index is 5.97. The van der Waals surface area contributed by atoms with Gasteiger partial charge in [0.15, 0.2) is 0 Å². The van der Waals surface area contributed by atoms with Gasteiger partial charge in [-0.05, 0) is 55.9 Å². The van der Waals surface area contributed by atoms with Crippen LogP contribution in [0.4, 0.5) is 0 Å². The Morgan fingerprint density at radius 1 is 1.39 bits per heavy atom. The van der Waals surface area contributed by atoms with E-state index in [1.807, 2.05) is 12.1 Å². The van der Waals surface area contributed by atoms with E-state index in [9.17, 15) is 0 Å². The van der Waals surface area contributed by atoms with Gasteiger partial charge in [-0.15, -0.1) is 0 Å². The second-order valence-corrected chi connectivity index (χ2v) is 5.63. The van der Waals surface area contributed by atoms with Crippen LogP contribution in [0.15, 0.2) is 18.2 Å². The monoisotopic (exact) mass is 267 g/mol.